The number of hydrogen-bond donors (Lipinski definition) is 1. The van der Waals surface area contributed by atoms with Crippen LogP contribution in [-0.4, -0.2) is 66.6 Å². The van der Waals surface area contributed by atoms with Gasteiger partial charge < -0.3 is 5.32 Å². The molecule has 2 unspecified atom stereocenters. The molecule has 4 nitrogen and oxygen atoms in total. The van der Waals surface area contributed by atoms with E-state index in [1.54, 1.807) is 11.3 Å². The van der Waals surface area contributed by atoms with Crippen LogP contribution in [0.3, 0.4) is 0 Å². The minimum absolute atomic E-state index is 0.532. The van der Waals surface area contributed by atoms with E-state index in [2.05, 4.69) is 32.5 Å². The number of rotatable bonds is 4. The Morgan fingerprint density at radius 1 is 1.47 bits per heavy atom. The number of hydrogen-bond acceptors (Lipinski definition) is 5. The number of fused-ring (bicyclic) bond motifs is 3. The summed E-state index contributed by atoms with van der Waals surface area (Å²) in [7, 11) is 2.08. The highest BCUT2D eigenvalue weighted by Crippen LogP contribution is 2.20. The van der Waals surface area contributed by atoms with Gasteiger partial charge in [-0.15, -0.1) is 11.3 Å². The summed E-state index contributed by atoms with van der Waals surface area (Å²) in [5.41, 5.74) is 0. The van der Waals surface area contributed by atoms with Crippen LogP contribution in [0.5, 0.6) is 0 Å². The van der Waals surface area contributed by atoms with E-state index in [1.165, 1.54) is 37.7 Å². The Labute approximate surface area is 107 Å². The number of likely N-dealkylation sites (N-methyl/N-ethyl adjacent to an activating group) is 1. The van der Waals surface area contributed by atoms with Gasteiger partial charge in [0.15, 0.2) is 0 Å². The highest BCUT2D eigenvalue weighted by molar-refractivity contribution is 7.09. The topological polar surface area (TPSA) is 31.4 Å². The lowest BCUT2D eigenvalue weighted by molar-refractivity contribution is -0.00202. The van der Waals surface area contributed by atoms with Gasteiger partial charge in [-0.3, -0.25) is 9.80 Å². The van der Waals surface area contributed by atoms with Crippen LogP contribution in [0.1, 0.15) is 5.01 Å². The first-order valence-corrected chi connectivity index (χ1v) is 7.27. The largest absolute Gasteiger partial charge is 0.315 e. The van der Waals surface area contributed by atoms with Crippen LogP contribution in [0.25, 0.3) is 0 Å². The lowest BCUT2D eigenvalue weighted by Crippen LogP contribution is -2.66. The quantitative estimate of drug-likeness (QED) is 0.834. The van der Waals surface area contributed by atoms with Crippen molar-refractivity contribution in [1.29, 1.82) is 0 Å². The summed E-state index contributed by atoms with van der Waals surface area (Å²) >= 11 is 1.77. The number of thiazole rings is 1. The standard InChI is InChI=1S/C12H20N4S/c1-13-10(8-12-14-2-7-17-12)11-9-15-3-5-16(11)6-4-15/h2,7,10-11,13H,3-6,8-9H2,1H3. The highest BCUT2D eigenvalue weighted by Gasteiger charge is 2.36. The molecule has 3 saturated heterocycles. The smallest absolute Gasteiger partial charge is 0.0940 e. The molecule has 0 radical (unpaired) electrons. The Bertz CT molecular complexity index is 345. The van der Waals surface area contributed by atoms with E-state index in [1.807, 2.05) is 6.20 Å². The Kier molecular flexibility index (Phi) is 3.42. The first-order chi connectivity index (χ1) is 8.36. The van der Waals surface area contributed by atoms with Crippen molar-refractivity contribution >= 4 is 11.3 Å². The number of nitrogens with zero attached hydrogens (tertiary/aromatic N) is 3. The third-order valence-corrected chi connectivity index (χ3v) is 4.84. The number of nitrogens with one attached hydrogen (secondary N) is 1. The van der Waals surface area contributed by atoms with Crippen molar-refractivity contribution in [2.24, 2.45) is 0 Å². The average molecular weight is 252 g/mol. The summed E-state index contributed by atoms with van der Waals surface area (Å²) in [5.74, 6) is 0. The molecule has 0 aliphatic carbocycles. The molecule has 0 aromatic carbocycles. The second-order valence-electron chi connectivity index (χ2n) is 4.93. The van der Waals surface area contributed by atoms with Crippen LogP contribution in [0, 0.1) is 0 Å². The molecule has 0 spiro atoms. The molecule has 1 aromatic rings. The molecule has 94 valence electrons. The predicted octanol–water partition coefficient (Wildman–Crippen LogP) is 0.273. The summed E-state index contributed by atoms with van der Waals surface area (Å²) < 4.78 is 0. The van der Waals surface area contributed by atoms with Crippen LogP contribution in [0.15, 0.2) is 11.6 Å². The van der Waals surface area contributed by atoms with E-state index in [9.17, 15) is 0 Å². The minimum Gasteiger partial charge on any atom is -0.315 e. The van der Waals surface area contributed by atoms with E-state index in [4.69, 9.17) is 0 Å². The van der Waals surface area contributed by atoms with Crippen LogP contribution in [0.4, 0.5) is 0 Å². The fourth-order valence-electron chi connectivity index (χ4n) is 3.01. The fourth-order valence-corrected chi connectivity index (χ4v) is 3.69. The van der Waals surface area contributed by atoms with Crippen molar-refractivity contribution in [1.82, 2.24) is 20.1 Å². The summed E-state index contributed by atoms with van der Waals surface area (Å²) in [6, 6.07) is 1.19. The van der Waals surface area contributed by atoms with Gasteiger partial charge in [-0.1, -0.05) is 0 Å². The molecule has 3 fully saturated rings. The van der Waals surface area contributed by atoms with E-state index < -0.39 is 0 Å². The van der Waals surface area contributed by atoms with E-state index >= 15 is 0 Å². The first-order valence-electron chi connectivity index (χ1n) is 6.39. The van der Waals surface area contributed by atoms with Gasteiger partial charge in [0.05, 0.1) is 5.01 Å². The van der Waals surface area contributed by atoms with Gasteiger partial charge in [0, 0.05) is 62.8 Å². The maximum absolute atomic E-state index is 4.41. The third-order valence-electron chi connectivity index (χ3n) is 4.03. The molecule has 2 atom stereocenters. The summed E-state index contributed by atoms with van der Waals surface area (Å²) in [4.78, 5) is 9.65. The van der Waals surface area contributed by atoms with Gasteiger partial charge in [0.1, 0.15) is 0 Å². The van der Waals surface area contributed by atoms with Crippen molar-refractivity contribution in [3.63, 3.8) is 0 Å². The number of aromatic nitrogens is 1. The van der Waals surface area contributed by atoms with Crippen molar-refractivity contribution in [3.8, 4) is 0 Å². The zero-order chi connectivity index (χ0) is 11.7. The molecule has 1 aromatic heterocycles. The molecular formula is C12H20N4S. The lowest BCUT2D eigenvalue weighted by atomic mass is 9.98. The molecule has 3 aliphatic rings. The van der Waals surface area contributed by atoms with Crippen LogP contribution < -0.4 is 5.32 Å². The molecular weight excluding hydrogens is 232 g/mol. The summed E-state index contributed by atoms with van der Waals surface area (Å²) in [5, 5.41) is 6.81. The summed E-state index contributed by atoms with van der Waals surface area (Å²) in [6.07, 6.45) is 2.96. The van der Waals surface area contributed by atoms with Gasteiger partial charge in [-0.05, 0) is 7.05 Å². The van der Waals surface area contributed by atoms with Gasteiger partial charge in [-0.25, -0.2) is 4.98 Å². The maximum atomic E-state index is 4.41. The molecule has 2 bridgehead atoms. The molecule has 4 rings (SSSR count). The Morgan fingerprint density at radius 2 is 2.29 bits per heavy atom. The van der Waals surface area contributed by atoms with Gasteiger partial charge in [0.2, 0.25) is 0 Å². The SMILES string of the molecule is CNC(Cc1nccs1)C1CN2CCN1CC2. The number of piperazine rings is 3. The molecule has 4 heterocycles. The van der Waals surface area contributed by atoms with Crippen molar-refractivity contribution in [2.45, 2.75) is 18.5 Å². The fraction of sp³-hybridized carbons (Fsp3) is 0.750. The first kappa shape index (κ1) is 11.6. The summed E-state index contributed by atoms with van der Waals surface area (Å²) in [6.45, 7) is 6.20. The Morgan fingerprint density at radius 3 is 2.82 bits per heavy atom. The maximum Gasteiger partial charge on any atom is 0.0940 e. The zero-order valence-electron chi connectivity index (χ0n) is 10.3. The van der Waals surface area contributed by atoms with Gasteiger partial charge >= 0.3 is 0 Å². The second-order valence-corrected chi connectivity index (χ2v) is 5.91. The highest BCUT2D eigenvalue weighted by atomic mass is 32.1. The third kappa shape index (κ3) is 2.38. The van der Waals surface area contributed by atoms with Gasteiger partial charge in [-0.2, -0.15) is 0 Å². The molecule has 0 amide bonds. The Hall–Kier alpha value is -0.490. The molecule has 0 saturated carbocycles. The van der Waals surface area contributed by atoms with Crippen molar-refractivity contribution < 1.29 is 0 Å². The van der Waals surface area contributed by atoms with Crippen molar-refractivity contribution in [3.05, 3.63) is 16.6 Å². The lowest BCUT2D eigenvalue weighted by Gasteiger charge is -2.50. The zero-order valence-corrected chi connectivity index (χ0v) is 11.1. The van der Waals surface area contributed by atoms with Crippen molar-refractivity contribution in [2.75, 3.05) is 39.8 Å². The normalized spacial score (nSPS) is 33.8. The van der Waals surface area contributed by atoms with E-state index in [0.29, 0.717) is 12.1 Å². The minimum atomic E-state index is 0.532. The van der Waals surface area contributed by atoms with Crippen LogP contribution in [0.2, 0.25) is 0 Å². The molecule has 1 N–H and O–H groups in total. The molecule has 3 aliphatic heterocycles. The van der Waals surface area contributed by atoms with E-state index in [0.717, 1.165) is 6.42 Å². The second kappa shape index (κ2) is 5.02. The molecule has 17 heavy (non-hydrogen) atoms. The monoisotopic (exact) mass is 252 g/mol. The van der Waals surface area contributed by atoms with Gasteiger partial charge in [0.25, 0.3) is 0 Å². The van der Waals surface area contributed by atoms with Crippen LogP contribution >= 0.6 is 11.3 Å². The predicted molar refractivity (Wildman–Crippen MR) is 70.5 cm³/mol. The van der Waals surface area contributed by atoms with Crippen LogP contribution in [-0.2, 0) is 6.42 Å². The Balaban J connectivity index is 1.68. The van der Waals surface area contributed by atoms with E-state index in [-0.39, 0.29) is 0 Å². The molecule has 5 heteroatoms. The average Bonchev–Trinajstić information content (AvgIpc) is 2.90.